The lowest BCUT2D eigenvalue weighted by Gasteiger charge is -2.12. The zero-order valence-corrected chi connectivity index (χ0v) is 19.6. The van der Waals surface area contributed by atoms with Crippen LogP contribution >= 0.6 is 23.2 Å². The molecule has 178 valence electrons. The van der Waals surface area contributed by atoms with Gasteiger partial charge in [0.15, 0.2) is 11.5 Å². The Morgan fingerprint density at radius 1 is 1.06 bits per heavy atom. The third-order valence-corrected chi connectivity index (χ3v) is 5.18. The molecule has 1 heterocycles. The minimum absolute atomic E-state index is 0.0123. The summed E-state index contributed by atoms with van der Waals surface area (Å²) in [6, 6.07) is 9.79. The maximum absolute atomic E-state index is 12.4. The van der Waals surface area contributed by atoms with Crippen molar-refractivity contribution in [2.24, 2.45) is 0 Å². The summed E-state index contributed by atoms with van der Waals surface area (Å²) < 4.78 is 10.5. The monoisotopic (exact) mass is 506 g/mol. The summed E-state index contributed by atoms with van der Waals surface area (Å²) in [4.78, 5) is 31.3. The van der Waals surface area contributed by atoms with Crippen molar-refractivity contribution in [1.29, 1.82) is 0 Å². The molecule has 1 amide bonds. The smallest absolute Gasteiger partial charge is 0.354 e. The number of halogens is 2. The Bertz CT molecular complexity index is 1210. The van der Waals surface area contributed by atoms with Crippen molar-refractivity contribution in [3.63, 3.8) is 0 Å². The standard InChI is InChI=1S/C21H20Cl2N6O5/c1-33-16-6-3-12(9-17(16)34-2)7-8-24-19-18(29(31)32)20(26-11-25-19)27-28-21(30)14-5-4-13(22)10-15(14)23/h3-6,9-11H,7-8H2,1-2H3,(H,28,30)(H2,24,25,26,27). The topological polar surface area (TPSA) is 141 Å². The first-order chi connectivity index (χ1) is 16.3. The van der Waals surface area contributed by atoms with Crippen molar-refractivity contribution in [3.05, 3.63) is 74.0 Å². The SMILES string of the molecule is COc1ccc(CCNc2ncnc(NNC(=O)c3ccc(Cl)cc3Cl)c2[N+](=O)[O-])cc1OC. The Balaban J connectivity index is 1.70. The van der Waals surface area contributed by atoms with Gasteiger partial charge in [-0.3, -0.25) is 25.8 Å². The summed E-state index contributed by atoms with van der Waals surface area (Å²) in [5.74, 6) is 0.339. The molecule has 34 heavy (non-hydrogen) atoms. The number of carbonyl (C=O) groups is 1. The fourth-order valence-electron chi connectivity index (χ4n) is 2.99. The maximum Gasteiger partial charge on any atom is 0.354 e. The van der Waals surface area contributed by atoms with Crippen LogP contribution < -0.4 is 25.6 Å². The minimum atomic E-state index is -0.650. The number of nitrogens with zero attached hydrogens (tertiary/aromatic N) is 3. The zero-order valence-electron chi connectivity index (χ0n) is 18.1. The second-order valence-corrected chi connectivity index (χ2v) is 7.59. The van der Waals surface area contributed by atoms with E-state index < -0.39 is 16.5 Å². The summed E-state index contributed by atoms with van der Waals surface area (Å²) >= 11 is 11.9. The molecule has 0 atom stereocenters. The number of anilines is 2. The number of methoxy groups -OCH3 is 2. The Hall–Kier alpha value is -3.83. The molecule has 0 aliphatic rings. The first-order valence-electron chi connectivity index (χ1n) is 9.79. The van der Waals surface area contributed by atoms with Gasteiger partial charge in [-0.2, -0.15) is 0 Å². The third kappa shape index (κ3) is 5.94. The summed E-state index contributed by atoms with van der Waals surface area (Å²) in [6.45, 7) is 0.333. The lowest BCUT2D eigenvalue weighted by molar-refractivity contribution is -0.383. The van der Waals surface area contributed by atoms with Crippen LogP contribution in [0.2, 0.25) is 10.0 Å². The molecule has 11 nitrogen and oxygen atoms in total. The van der Waals surface area contributed by atoms with Crippen molar-refractivity contribution in [1.82, 2.24) is 15.4 Å². The van der Waals surface area contributed by atoms with Crippen LogP contribution in [-0.2, 0) is 6.42 Å². The Labute approximate surface area is 204 Å². The molecule has 0 aliphatic carbocycles. The number of carbonyl (C=O) groups excluding carboxylic acids is 1. The van der Waals surface area contributed by atoms with Crippen molar-refractivity contribution in [3.8, 4) is 11.5 Å². The van der Waals surface area contributed by atoms with Crippen molar-refractivity contribution in [2.45, 2.75) is 6.42 Å². The van der Waals surface area contributed by atoms with Crippen LogP contribution in [0.25, 0.3) is 0 Å². The van der Waals surface area contributed by atoms with Crippen LogP contribution in [0.3, 0.4) is 0 Å². The van der Waals surface area contributed by atoms with Gasteiger partial charge in [-0.05, 0) is 42.3 Å². The van der Waals surface area contributed by atoms with Gasteiger partial charge < -0.3 is 14.8 Å². The van der Waals surface area contributed by atoms with Crippen molar-refractivity contribution in [2.75, 3.05) is 31.5 Å². The number of hydrogen-bond donors (Lipinski definition) is 3. The fourth-order valence-corrected chi connectivity index (χ4v) is 3.49. The maximum atomic E-state index is 12.4. The van der Waals surface area contributed by atoms with E-state index in [0.717, 1.165) is 11.9 Å². The number of aromatic nitrogens is 2. The highest BCUT2D eigenvalue weighted by Gasteiger charge is 2.23. The molecule has 13 heteroatoms. The van der Waals surface area contributed by atoms with Gasteiger partial charge in [-0.25, -0.2) is 9.97 Å². The molecule has 1 aromatic heterocycles. The van der Waals surface area contributed by atoms with Gasteiger partial charge in [0.25, 0.3) is 5.91 Å². The summed E-state index contributed by atoms with van der Waals surface area (Å²) in [5.41, 5.74) is 5.41. The number of benzene rings is 2. The molecule has 0 radical (unpaired) electrons. The molecule has 0 saturated carbocycles. The van der Waals surface area contributed by atoms with E-state index in [1.54, 1.807) is 20.3 Å². The molecule has 3 aromatic rings. The van der Waals surface area contributed by atoms with Gasteiger partial charge in [-0.1, -0.05) is 29.3 Å². The van der Waals surface area contributed by atoms with Gasteiger partial charge >= 0.3 is 5.69 Å². The van der Waals surface area contributed by atoms with E-state index in [-0.39, 0.29) is 22.2 Å². The molecule has 0 spiro atoms. The van der Waals surface area contributed by atoms with E-state index in [2.05, 4.69) is 26.1 Å². The molecular weight excluding hydrogens is 487 g/mol. The van der Waals surface area contributed by atoms with E-state index in [4.69, 9.17) is 32.7 Å². The first kappa shape index (κ1) is 24.8. The molecule has 0 saturated heterocycles. The predicted molar refractivity (Wildman–Crippen MR) is 128 cm³/mol. The number of hydrogen-bond acceptors (Lipinski definition) is 9. The second-order valence-electron chi connectivity index (χ2n) is 6.75. The van der Waals surface area contributed by atoms with E-state index in [1.165, 1.54) is 18.2 Å². The Morgan fingerprint density at radius 3 is 2.47 bits per heavy atom. The van der Waals surface area contributed by atoms with Crippen LogP contribution in [0, 0.1) is 10.1 Å². The second kappa shape index (κ2) is 11.3. The van der Waals surface area contributed by atoms with Gasteiger partial charge in [0.2, 0.25) is 11.6 Å². The van der Waals surface area contributed by atoms with E-state index in [0.29, 0.717) is 29.5 Å². The average Bonchev–Trinajstić information content (AvgIpc) is 2.82. The number of amides is 1. The number of nitro groups is 1. The number of nitrogens with one attached hydrogen (secondary N) is 3. The Kier molecular flexibility index (Phi) is 8.28. The summed E-state index contributed by atoms with van der Waals surface area (Å²) in [7, 11) is 3.09. The molecule has 0 bridgehead atoms. The molecule has 3 rings (SSSR count). The number of ether oxygens (including phenoxy) is 2. The van der Waals surface area contributed by atoms with Gasteiger partial charge in [-0.15, -0.1) is 0 Å². The lowest BCUT2D eigenvalue weighted by Crippen LogP contribution is -2.30. The quantitative estimate of drug-likeness (QED) is 0.273. The highest BCUT2D eigenvalue weighted by molar-refractivity contribution is 6.36. The highest BCUT2D eigenvalue weighted by Crippen LogP contribution is 2.30. The van der Waals surface area contributed by atoms with Gasteiger partial charge in [0, 0.05) is 11.6 Å². The van der Waals surface area contributed by atoms with Crippen LogP contribution in [0.1, 0.15) is 15.9 Å². The molecule has 0 unspecified atom stereocenters. The molecule has 0 fully saturated rings. The molecular formula is C21H20Cl2N6O5. The normalized spacial score (nSPS) is 10.4. The predicted octanol–water partition coefficient (Wildman–Crippen LogP) is 4.12. The zero-order chi connectivity index (χ0) is 24.7. The third-order valence-electron chi connectivity index (χ3n) is 4.63. The largest absolute Gasteiger partial charge is 0.493 e. The van der Waals surface area contributed by atoms with Crippen molar-refractivity contribution >= 4 is 46.4 Å². The lowest BCUT2D eigenvalue weighted by atomic mass is 10.1. The van der Waals surface area contributed by atoms with Gasteiger partial charge in [0.1, 0.15) is 6.33 Å². The number of hydrazine groups is 1. The van der Waals surface area contributed by atoms with Crippen LogP contribution in [0.4, 0.5) is 17.3 Å². The molecule has 0 aliphatic heterocycles. The average molecular weight is 507 g/mol. The van der Waals surface area contributed by atoms with E-state index in [1.807, 2.05) is 12.1 Å². The fraction of sp³-hybridized carbons (Fsp3) is 0.190. The highest BCUT2D eigenvalue weighted by atomic mass is 35.5. The van der Waals surface area contributed by atoms with Gasteiger partial charge in [0.05, 0.1) is 29.7 Å². The van der Waals surface area contributed by atoms with Crippen molar-refractivity contribution < 1.29 is 19.2 Å². The van der Waals surface area contributed by atoms with Crippen LogP contribution in [-0.4, -0.2) is 41.6 Å². The Morgan fingerprint density at radius 2 is 1.79 bits per heavy atom. The summed E-state index contributed by atoms with van der Waals surface area (Å²) in [6.07, 6.45) is 1.66. The van der Waals surface area contributed by atoms with E-state index >= 15 is 0 Å². The number of rotatable bonds is 10. The van der Waals surface area contributed by atoms with E-state index in [9.17, 15) is 14.9 Å². The first-order valence-corrected chi connectivity index (χ1v) is 10.5. The molecule has 2 aromatic carbocycles. The summed E-state index contributed by atoms with van der Waals surface area (Å²) in [5, 5.41) is 15.1. The minimum Gasteiger partial charge on any atom is -0.493 e. The van der Waals surface area contributed by atoms with Crippen LogP contribution in [0.5, 0.6) is 11.5 Å². The molecule has 3 N–H and O–H groups in total. The van der Waals surface area contributed by atoms with Crippen LogP contribution in [0.15, 0.2) is 42.7 Å².